The summed E-state index contributed by atoms with van der Waals surface area (Å²) < 4.78 is 19.9. The third-order valence-corrected chi connectivity index (χ3v) is 4.49. The molecule has 0 aliphatic carbocycles. The molecule has 29 heavy (non-hydrogen) atoms. The Kier molecular flexibility index (Phi) is 4.86. The van der Waals surface area contributed by atoms with E-state index in [4.69, 9.17) is 10.5 Å². The first-order valence-corrected chi connectivity index (χ1v) is 8.94. The Hall–Kier alpha value is -3.88. The van der Waals surface area contributed by atoms with Crippen molar-refractivity contribution in [2.75, 3.05) is 35.7 Å². The van der Waals surface area contributed by atoms with Crippen molar-refractivity contribution in [1.29, 1.82) is 0 Å². The third kappa shape index (κ3) is 4.03. The molecule has 4 rings (SSSR count). The monoisotopic (exact) mass is 394 g/mol. The molecular formula is C20H19FN6O2. The van der Waals surface area contributed by atoms with E-state index < -0.39 is 11.7 Å². The van der Waals surface area contributed by atoms with Crippen molar-refractivity contribution in [3.63, 3.8) is 0 Å². The Morgan fingerprint density at radius 2 is 1.93 bits per heavy atom. The molecule has 0 fully saturated rings. The number of hydrogen-bond acceptors (Lipinski definition) is 7. The molecule has 0 saturated heterocycles. The molecular weight excluding hydrogens is 375 g/mol. The van der Waals surface area contributed by atoms with Gasteiger partial charge in [0.1, 0.15) is 12.4 Å². The highest BCUT2D eigenvalue weighted by atomic mass is 19.1. The number of benzene rings is 2. The van der Waals surface area contributed by atoms with Crippen LogP contribution in [-0.4, -0.2) is 36.1 Å². The number of ether oxygens (including phenoxy) is 1. The molecule has 1 aliphatic rings. The second-order valence-electron chi connectivity index (χ2n) is 6.53. The number of likely N-dealkylation sites (N-methyl/N-ethyl adjacent to an activating group) is 1. The molecule has 0 spiro atoms. The van der Waals surface area contributed by atoms with E-state index in [9.17, 15) is 9.18 Å². The first-order valence-electron chi connectivity index (χ1n) is 8.94. The van der Waals surface area contributed by atoms with Crippen LogP contribution in [0.5, 0.6) is 5.75 Å². The van der Waals surface area contributed by atoms with Crippen molar-refractivity contribution in [2.24, 2.45) is 5.73 Å². The molecule has 1 amide bonds. The van der Waals surface area contributed by atoms with Crippen molar-refractivity contribution in [3.05, 3.63) is 60.0 Å². The summed E-state index contributed by atoms with van der Waals surface area (Å²) >= 11 is 0. The van der Waals surface area contributed by atoms with Crippen LogP contribution in [0.25, 0.3) is 0 Å². The van der Waals surface area contributed by atoms with Gasteiger partial charge in [-0.2, -0.15) is 4.98 Å². The highest BCUT2D eigenvalue weighted by Gasteiger charge is 2.16. The van der Waals surface area contributed by atoms with Crippen LogP contribution in [0.1, 0.15) is 10.4 Å². The molecule has 9 heteroatoms. The van der Waals surface area contributed by atoms with E-state index in [0.717, 1.165) is 24.2 Å². The Morgan fingerprint density at radius 1 is 1.17 bits per heavy atom. The molecule has 2 heterocycles. The Morgan fingerprint density at radius 3 is 2.69 bits per heavy atom. The van der Waals surface area contributed by atoms with E-state index in [-0.39, 0.29) is 11.8 Å². The fraction of sp³-hybridized carbons (Fsp3) is 0.150. The number of fused-ring (bicyclic) bond motifs is 1. The van der Waals surface area contributed by atoms with Gasteiger partial charge in [-0.15, -0.1) is 0 Å². The van der Waals surface area contributed by atoms with Crippen LogP contribution in [0.3, 0.4) is 0 Å². The molecule has 1 aliphatic heterocycles. The molecule has 1 aromatic heterocycles. The maximum absolute atomic E-state index is 14.2. The van der Waals surface area contributed by atoms with E-state index in [2.05, 4.69) is 25.5 Å². The van der Waals surface area contributed by atoms with Crippen molar-refractivity contribution in [3.8, 4) is 5.75 Å². The fourth-order valence-electron chi connectivity index (χ4n) is 2.93. The van der Waals surface area contributed by atoms with Gasteiger partial charge >= 0.3 is 0 Å². The van der Waals surface area contributed by atoms with Crippen molar-refractivity contribution >= 4 is 34.7 Å². The number of carbonyl (C=O) groups is 1. The van der Waals surface area contributed by atoms with E-state index >= 15 is 0 Å². The molecule has 4 N–H and O–H groups in total. The predicted molar refractivity (Wildman–Crippen MR) is 109 cm³/mol. The normalized spacial score (nSPS) is 12.7. The molecule has 148 valence electrons. The van der Waals surface area contributed by atoms with Crippen molar-refractivity contribution in [2.45, 2.75) is 0 Å². The Bertz CT molecular complexity index is 1060. The van der Waals surface area contributed by atoms with Crippen LogP contribution in [0, 0.1) is 5.82 Å². The van der Waals surface area contributed by atoms with Crippen LogP contribution in [0.4, 0.5) is 33.2 Å². The minimum Gasteiger partial charge on any atom is -0.489 e. The Balaban J connectivity index is 1.53. The van der Waals surface area contributed by atoms with Crippen LogP contribution in [0.15, 0.2) is 48.7 Å². The number of nitrogens with zero attached hydrogens (tertiary/aromatic N) is 3. The van der Waals surface area contributed by atoms with Crippen LogP contribution >= 0.6 is 0 Å². The molecule has 8 nitrogen and oxygen atoms in total. The number of aromatic nitrogens is 2. The lowest BCUT2D eigenvalue weighted by atomic mass is 10.2. The summed E-state index contributed by atoms with van der Waals surface area (Å²) in [5, 5.41) is 5.93. The van der Waals surface area contributed by atoms with E-state index in [0.29, 0.717) is 23.5 Å². The highest BCUT2D eigenvalue weighted by molar-refractivity contribution is 5.93. The van der Waals surface area contributed by atoms with Crippen molar-refractivity contribution < 1.29 is 13.9 Å². The largest absolute Gasteiger partial charge is 0.489 e. The van der Waals surface area contributed by atoms with Gasteiger partial charge in [0.05, 0.1) is 18.4 Å². The average Bonchev–Trinajstić information content (AvgIpc) is 2.71. The molecule has 0 bridgehead atoms. The molecule has 0 unspecified atom stereocenters. The average molecular weight is 394 g/mol. The number of carbonyl (C=O) groups excluding carboxylic acids is 1. The van der Waals surface area contributed by atoms with Gasteiger partial charge in [-0.05, 0) is 36.4 Å². The smallest absolute Gasteiger partial charge is 0.248 e. The van der Waals surface area contributed by atoms with E-state index in [1.807, 2.05) is 25.2 Å². The standard InChI is InChI=1S/C20H19FN6O2/c1-27-8-9-29-17-10-14(6-7-16(17)27)24-19-15(21)11-23-20(26-19)25-13-4-2-12(3-5-13)18(22)28/h2-7,10-11H,8-9H2,1H3,(H2,22,28)(H2,23,24,25,26). The minimum atomic E-state index is -0.588. The van der Waals surface area contributed by atoms with Gasteiger partial charge in [0.25, 0.3) is 0 Å². The van der Waals surface area contributed by atoms with Gasteiger partial charge in [0, 0.05) is 30.1 Å². The first-order chi connectivity index (χ1) is 14.0. The second kappa shape index (κ2) is 7.63. The summed E-state index contributed by atoms with van der Waals surface area (Å²) in [6.45, 7) is 1.41. The summed E-state index contributed by atoms with van der Waals surface area (Å²) in [7, 11) is 1.99. The van der Waals surface area contributed by atoms with Gasteiger partial charge in [-0.25, -0.2) is 9.37 Å². The SMILES string of the molecule is CN1CCOc2cc(Nc3nc(Nc4ccc(C(N)=O)cc4)ncc3F)ccc21. The zero-order valence-electron chi connectivity index (χ0n) is 15.6. The Labute approximate surface area is 166 Å². The zero-order valence-corrected chi connectivity index (χ0v) is 15.6. The van der Waals surface area contributed by atoms with Gasteiger partial charge in [0.2, 0.25) is 11.9 Å². The van der Waals surface area contributed by atoms with Crippen LogP contribution in [-0.2, 0) is 0 Å². The number of rotatable bonds is 5. The van der Waals surface area contributed by atoms with Gasteiger partial charge in [0.15, 0.2) is 11.6 Å². The molecule has 3 aromatic rings. The number of amides is 1. The molecule has 0 radical (unpaired) electrons. The molecule has 2 aromatic carbocycles. The van der Waals surface area contributed by atoms with Crippen molar-refractivity contribution in [1.82, 2.24) is 9.97 Å². The summed E-state index contributed by atoms with van der Waals surface area (Å²) in [6.07, 6.45) is 1.08. The molecule has 0 atom stereocenters. The number of primary amides is 1. The van der Waals surface area contributed by atoms with Gasteiger partial charge in [-0.1, -0.05) is 0 Å². The maximum Gasteiger partial charge on any atom is 0.248 e. The lowest BCUT2D eigenvalue weighted by Crippen LogP contribution is -2.28. The highest BCUT2D eigenvalue weighted by Crippen LogP contribution is 2.34. The zero-order chi connectivity index (χ0) is 20.4. The predicted octanol–water partition coefficient (Wildman–Crippen LogP) is 3.03. The number of nitrogens with one attached hydrogen (secondary N) is 2. The number of anilines is 5. The summed E-state index contributed by atoms with van der Waals surface area (Å²) in [5.74, 6) is -0.141. The van der Waals surface area contributed by atoms with E-state index in [1.165, 1.54) is 0 Å². The molecule has 0 saturated carbocycles. The lowest BCUT2D eigenvalue weighted by molar-refractivity contribution is 0.100. The van der Waals surface area contributed by atoms with Crippen LogP contribution in [0.2, 0.25) is 0 Å². The topological polar surface area (TPSA) is 105 Å². The fourth-order valence-corrected chi connectivity index (χ4v) is 2.93. The number of hydrogen-bond donors (Lipinski definition) is 3. The summed E-state index contributed by atoms with van der Waals surface area (Å²) in [4.78, 5) is 21.4. The quantitative estimate of drug-likeness (QED) is 0.611. The van der Waals surface area contributed by atoms with Gasteiger partial charge < -0.3 is 26.0 Å². The number of halogens is 1. The second-order valence-corrected chi connectivity index (χ2v) is 6.53. The van der Waals surface area contributed by atoms with Gasteiger partial charge in [-0.3, -0.25) is 4.79 Å². The number of nitrogens with two attached hydrogens (primary N) is 1. The van der Waals surface area contributed by atoms with Crippen LogP contribution < -0.4 is 26.0 Å². The summed E-state index contributed by atoms with van der Waals surface area (Å²) in [6, 6.07) is 12.0. The minimum absolute atomic E-state index is 0.0281. The lowest BCUT2D eigenvalue weighted by Gasteiger charge is -2.28. The maximum atomic E-state index is 14.2. The van der Waals surface area contributed by atoms with E-state index in [1.54, 1.807) is 24.3 Å². The summed E-state index contributed by atoms with van der Waals surface area (Å²) in [5.41, 5.74) is 7.88. The third-order valence-electron chi connectivity index (χ3n) is 4.49. The first kappa shape index (κ1) is 18.5.